The van der Waals surface area contributed by atoms with Gasteiger partial charge in [-0.3, -0.25) is 4.90 Å². The maximum Gasteiger partial charge on any atom is 0.134 e. The van der Waals surface area contributed by atoms with E-state index in [0.29, 0.717) is 0 Å². The van der Waals surface area contributed by atoms with E-state index in [-0.39, 0.29) is 6.10 Å². The number of furan rings is 1. The lowest BCUT2D eigenvalue weighted by molar-refractivity contribution is 0.0626. The van der Waals surface area contributed by atoms with Crippen molar-refractivity contribution in [2.45, 2.75) is 33.0 Å². The van der Waals surface area contributed by atoms with E-state index < -0.39 is 0 Å². The highest BCUT2D eigenvalue weighted by molar-refractivity contribution is 5.82. The molecule has 1 N–H and O–H groups in total. The van der Waals surface area contributed by atoms with Gasteiger partial charge >= 0.3 is 0 Å². The minimum Gasteiger partial charge on any atom is -0.459 e. The van der Waals surface area contributed by atoms with E-state index in [1.54, 1.807) is 0 Å². The van der Waals surface area contributed by atoms with Crippen molar-refractivity contribution in [1.82, 2.24) is 10.2 Å². The monoisotopic (exact) mass is 290 g/mol. The van der Waals surface area contributed by atoms with Crippen molar-refractivity contribution >= 4 is 11.0 Å². The Morgan fingerprint density at radius 3 is 2.76 bits per heavy atom. The first-order valence-corrected chi connectivity index (χ1v) is 7.56. The second kappa shape index (κ2) is 7.59. The highest BCUT2D eigenvalue weighted by Gasteiger charge is 2.14. The largest absolute Gasteiger partial charge is 0.459 e. The molecule has 0 saturated heterocycles. The van der Waals surface area contributed by atoms with Gasteiger partial charge in [0.25, 0.3) is 0 Å². The van der Waals surface area contributed by atoms with Gasteiger partial charge in [0, 0.05) is 24.0 Å². The van der Waals surface area contributed by atoms with Gasteiger partial charge in [-0.05, 0) is 34.0 Å². The fourth-order valence-corrected chi connectivity index (χ4v) is 2.42. The molecule has 0 amide bonds. The molecule has 0 atom stereocenters. The summed E-state index contributed by atoms with van der Waals surface area (Å²) < 4.78 is 11.6. The zero-order chi connectivity index (χ0) is 15.2. The Bertz CT molecular complexity index is 563. The summed E-state index contributed by atoms with van der Waals surface area (Å²) in [6.07, 6.45) is 0.285. The first-order valence-electron chi connectivity index (χ1n) is 7.56. The van der Waals surface area contributed by atoms with Crippen LogP contribution in [0.25, 0.3) is 11.0 Å². The number of para-hydroxylation sites is 1. The van der Waals surface area contributed by atoms with E-state index >= 15 is 0 Å². The Labute approximate surface area is 127 Å². The number of ether oxygens (including phenoxy) is 1. The number of nitrogens with one attached hydrogen (secondary N) is 1. The number of fused-ring (bicyclic) bond motifs is 1. The second-order valence-electron chi connectivity index (χ2n) is 5.69. The Morgan fingerprint density at radius 1 is 1.29 bits per heavy atom. The van der Waals surface area contributed by atoms with Crippen LogP contribution in [0.3, 0.4) is 0 Å². The van der Waals surface area contributed by atoms with Crippen LogP contribution >= 0.6 is 0 Å². The van der Waals surface area contributed by atoms with E-state index in [9.17, 15) is 0 Å². The van der Waals surface area contributed by atoms with E-state index in [1.807, 2.05) is 19.2 Å². The molecule has 0 aliphatic rings. The van der Waals surface area contributed by atoms with Crippen LogP contribution in [0.4, 0.5) is 0 Å². The SMILES string of the molecule is CNCc1oc2ccccc2c1CN(C)CCOC(C)C. The molecule has 2 aromatic rings. The molecule has 0 fully saturated rings. The van der Waals surface area contributed by atoms with Crippen LogP contribution < -0.4 is 5.32 Å². The van der Waals surface area contributed by atoms with Crippen LogP contribution in [0.5, 0.6) is 0 Å². The number of likely N-dealkylation sites (N-methyl/N-ethyl adjacent to an activating group) is 1. The van der Waals surface area contributed by atoms with E-state index in [1.165, 1.54) is 10.9 Å². The fourth-order valence-electron chi connectivity index (χ4n) is 2.42. The first kappa shape index (κ1) is 16.0. The van der Waals surface area contributed by atoms with Crippen molar-refractivity contribution in [3.05, 3.63) is 35.6 Å². The van der Waals surface area contributed by atoms with Gasteiger partial charge < -0.3 is 14.5 Å². The van der Waals surface area contributed by atoms with Gasteiger partial charge in [0.15, 0.2) is 0 Å². The number of hydrogen-bond acceptors (Lipinski definition) is 4. The van der Waals surface area contributed by atoms with Gasteiger partial charge in [-0.25, -0.2) is 0 Å². The number of nitrogens with zero attached hydrogens (tertiary/aromatic N) is 1. The molecular formula is C17H26N2O2. The van der Waals surface area contributed by atoms with Crippen molar-refractivity contribution in [3.63, 3.8) is 0 Å². The molecule has 4 nitrogen and oxygen atoms in total. The lowest BCUT2D eigenvalue weighted by atomic mass is 10.1. The molecule has 0 radical (unpaired) electrons. The molecule has 1 aromatic heterocycles. The van der Waals surface area contributed by atoms with Crippen LogP contribution in [0.15, 0.2) is 28.7 Å². The second-order valence-corrected chi connectivity index (χ2v) is 5.69. The third-order valence-corrected chi connectivity index (χ3v) is 3.47. The molecule has 0 saturated carbocycles. The highest BCUT2D eigenvalue weighted by atomic mass is 16.5. The standard InChI is InChI=1S/C17H26N2O2/c1-13(2)20-10-9-19(4)12-15-14-7-5-6-8-16(14)21-17(15)11-18-3/h5-8,13,18H,9-12H2,1-4H3. The van der Waals surface area contributed by atoms with Gasteiger partial charge in [-0.2, -0.15) is 0 Å². The highest BCUT2D eigenvalue weighted by Crippen LogP contribution is 2.26. The normalized spacial score (nSPS) is 11.9. The predicted molar refractivity (Wildman–Crippen MR) is 86.4 cm³/mol. The van der Waals surface area contributed by atoms with Crippen molar-refractivity contribution in [3.8, 4) is 0 Å². The third kappa shape index (κ3) is 4.30. The molecule has 4 heteroatoms. The van der Waals surface area contributed by atoms with Gasteiger partial charge in [0.2, 0.25) is 0 Å². The minimum atomic E-state index is 0.285. The summed E-state index contributed by atoms with van der Waals surface area (Å²) in [5.41, 5.74) is 2.23. The molecule has 116 valence electrons. The van der Waals surface area contributed by atoms with Crippen molar-refractivity contribution in [2.75, 3.05) is 27.2 Å². The maximum absolute atomic E-state index is 5.96. The molecule has 0 aliphatic heterocycles. The van der Waals surface area contributed by atoms with Gasteiger partial charge in [0.1, 0.15) is 11.3 Å². The van der Waals surface area contributed by atoms with Crippen LogP contribution in [-0.2, 0) is 17.8 Å². The quantitative estimate of drug-likeness (QED) is 0.811. The molecule has 0 unspecified atom stereocenters. The summed E-state index contributed by atoms with van der Waals surface area (Å²) in [4.78, 5) is 2.28. The molecule has 1 aromatic carbocycles. The summed E-state index contributed by atoms with van der Waals surface area (Å²) in [6, 6.07) is 8.23. The summed E-state index contributed by atoms with van der Waals surface area (Å²) in [7, 11) is 4.06. The first-order chi connectivity index (χ1) is 10.1. The number of rotatable bonds is 8. The van der Waals surface area contributed by atoms with Crippen LogP contribution in [0, 0.1) is 0 Å². The number of benzene rings is 1. The predicted octanol–water partition coefficient (Wildman–Crippen LogP) is 3.01. The smallest absolute Gasteiger partial charge is 0.134 e. The van der Waals surface area contributed by atoms with Crippen LogP contribution in [0.1, 0.15) is 25.2 Å². The van der Waals surface area contributed by atoms with Crippen molar-refractivity contribution in [2.24, 2.45) is 0 Å². The number of hydrogen-bond donors (Lipinski definition) is 1. The lowest BCUT2D eigenvalue weighted by Crippen LogP contribution is -2.24. The Kier molecular flexibility index (Phi) is 5.79. The van der Waals surface area contributed by atoms with E-state index in [2.05, 4.69) is 43.2 Å². The summed E-state index contributed by atoms with van der Waals surface area (Å²) >= 11 is 0. The summed E-state index contributed by atoms with van der Waals surface area (Å²) in [6.45, 7) is 7.42. The Balaban J connectivity index is 2.10. The van der Waals surface area contributed by atoms with Crippen LogP contribution in [0.2, 0.25) is 0 Å². The molecule has 21 heavy (non-hydrogen) atoms. The molecule has 2 rings (SSSR count). The lowest BCUT2D eigenvalue weighted by Gasteiger charge is -2.18. The zero-order valence-corrected chi connectivity index (χ0v) is 13.5. The van der Waals surface area contributed by atoms with Gasteiger partial charge in [0.05, 0.1) is 19.3 Å². The van der Waals surface area contributed by atoms with E-state index in [4.69, 9.17) is 9.15 Å². The van der Waals surface area contributed by atoms with Crippen molar-refractivity contribution in [1.29, 1.82) is 0 Å². The third-order valence-electron chi connectivity index (χ3n) is 3.47. The average molecular weight is 290 g/mol. The molecular weight excluding hydrogens is 264 g/mol. The zero-order valence-electron chi connectivity index (χ0n) is 13.5. The minimum absolute atomic E-state index is 0.285. The Morgan fingerprint density at radius 2 is 2.05 bits per heavy atom. The molecule has 0 spiro atoms. The Hall–Kier alpha value is -1.36. The summed E-state index contributed by atoms with van der Waals surface area (Å²) in [5.74, 6) is 1.02. The fraction of sp³-hybridized carbons (Fsp3) is 0.529. The molecule has 0 aliphatic carbocycles. The van der Waals surface area contributed by atoms with Gasteiger partial charge in [-0.15, -0.1) is 0 Å². The van der Waals surface area contributed by atoms with E-state index in [0.717, 1.165) is 37.6 Å². The molecule has 0 bridgehead atoms. The van der Waals surface area contributed by atoms with Crippen LogP contribution in [-0.4, -0.2) is 38.3 Å². The maximum atomic E-state index is 5.96. The van der Waals surface area contributed by atoms with Crippen molar-refractivity contribution < 1.29 is 9.15 Å². The molecule has 1 heterocycles. The topological polar surface area (TPSA) is 37.6 Å². The average Bonchev–Trinajstić information content (AvgIpc) is 2.77. The summed E-state index contributed by atoms with van der Waals surface area (Å²) in [5, 5.41) is 4.39. The van der Waals surface area contributed by atoms with Gasteiger partial charge in [-0.1, -0.05) is 18.2 Å².